The molecule has 2 fully saturated rings. The lowest BCUT2D eigenvalue weighted by molar-refractivity contribution is -0.142. The Kier molecular flexibility index (Phi) is 0.663. The van der Waals surface area contributed by atoms with Crippen molar-refractivity contribution in [3.8, 4) is 0 Å². The molecule has 8 heavy (non-hydrogen) atoms. The smallest absolute Gasteiger partial charge is 0.226 e. The van der Waals surface area contributed by atoms with E-state index in [9.17, 15) is 4.79 Å². The van der Waals surface area contributed by atoms with Gasteiger partial charge in [0, 0.05) is 13.0 Å². The van der Waals surface area contributed by atoms with Gasteiger partial charge in [0.1, 0.15) is 0 Å². The van der Waals surface area contributed by atoms with Gasteiger partial charge in [0.2, 0.25) is 5.91 Å². The SMILES string of the molecule is O=C1CC2CNCN12. The Morgan fingerprint density at radius 1 is 1.75 bits per heavy atom. The fourth-order valence-electron chi connectivity index (χ4n) is 1.27. The molecule has 1 atom stereocenters. The summed E-state index contributed by atoms with van der Waals surface area (Å²) in [6, 6.07) is 0.544. The quantitative estimate of drug-likeness (QED) is 0.414. The van der Waals surface area contributed by atoms with Gasteiger partial charge in [-0.2, -0.15) is 0 Å². The van der Waals surface area contributed by atoms with Gasteiger partial charge in [-0.1, -0.05) is 0 Å². The van der Waals surface area contributed by atoms with Crippen molar-refractivity contribution in [1.29, 1.82) is 0 Å². The third-order valence-corrected chi connectivity index (χ3v) is 1.83. The van der Waals surface area contributed by atoms with E-state index in [2.05, 4.69) is 5.32 Å². The molecule has 0 aromatic heterocycles. The molecule has 2 rings (SSSR count). The average molecular weight is 112 g/mol. The molecular weight excluding hydrogens is 104 g/mol. The summed E-state index contributed by atoms with van der Waals surface area (Å²) in [4.78, 5) is 12.5. The zero-order valence-electron chi connectivity index (χ0n) is 4.55. The highest BCUT2D eigenvalue weighted by atomic mass is 16.2. The van der Waals surface area contributed by atoms with Gasteiger partial charge in [-0.3, -0.25) is 10.1 Å². The number of hydrogen-bond acceptors (Lipinski definition) is 2. The van der Waals surface area contributed by atoms with E-state index in [4.69, 9.17) is 0 Å². The first-order valence-corrected chi connectivity index (χ1v) is 2.88. The van der Waals surface area contributed by atoms with E-state index in [1.807, 2.05) is 4.90 Å². The Morgan fingerprint density at radius 3 is 3.12 bits per heavy atom. The minimum Gasteiger partial charge on any atom is -0.325 e. The van der Waals surface area contributed by atoms with Crippen molar-refractivity contribution >= 4 is 5.91 Å². The van der Waals surface area contributed by atoms with Crippen molar-refractivity contribution in [3.63, 3.8) is 0 Å². The molecule has 1 amide bonds. The van der Waals surface area contributed by atoms with Gasteiger partial charge in [-0.15, -0.1) is 0 Å². The van der Waals surface area contributed by atoms with Gasteiger partial charge in [0.05, 0.1) is 12.7 Å². The predicted octanol–water partition coefficient (Wildman–Crippen LogP) is -0.852. The molecule has 1 unspecified atom stereocenters. The Morgan fingerprint density at radius 2 is 2.62 bits per heavy atom. The lowest BCUT2D eigenvalue weighted by Crippen LogP contribution is -2.49. The van der Waals surface area contributed by atoms with Crippen LogP contribution in [-0.4, -0.2) is 30.1 Å². The number of nitrogens with zero attached hydrogens (tertiary/aromatic N) is 1. The summed E-state index contributed by atoms with van der Waals surface area (Å²) in [5, 5.41) is 3.12. The second-order valence-corrected chi connectivity index (χ2v) is 2.33. The normalized spacial score (nSPS) is 34.8. The van der Waals surface area contributed by atoms with Crippen LogP contribution in [0.5, 0.6) is 0 Å². The topological polar surface area (TPSA) is 32.3 Å². The largest absolute Gasteiger partial charge is 0.325 e. The van der Waals surface area contributed by atoms with Crippen molar-refractivity contribution in [2.24, 2.45) is 0 Å². The van der Waals surface area contributed by atoms with E-state index in [-0.39, 0.29) is 0 Å². The number of carbonyl (C=O) groups excluding carboxylic acids is 1. The number of fused-ring (bicyclic) bond motifs is 1. The van der Waals surface area contributed by atoms with Crippen LogP contribution in [0.1, 0.15) is 6.42 Å². The lowest BCUT2D eigenvalue weighted by atomic mass is 10.1. The van der Waals surface area contributed by atoms with Crippen molar-refractivity contribution in [1.82, 2.24) is 10.2 Å². The molecule has 2 aliphatic rings. The van der Waals surface area contributed by atoms with Crippen molar-refractivity contribution in [2.45, 2.75) is 12.5 Å². The molecule has 3 heteroatoms. The van der Waals surface area contributed by atoms with Crippen LogP contribution >= 0.6 is 0 Å². The third kappa shape index (κ3) is 0.351. The van der Waals surface area contributed by atoms with Crippen molar-refractivity contribution in [2.75, 3.05) is 13.2 Å². The fraction of sp³-hybridized carbons (Fsp3) is 0.800. The summed E-state index contributed by atoms with van der Waals surface area (Å²) in [5.74, 6) is 0.306. The van der Waals surface area contributed by atoms with Crippen molar-refractivity contribution in [3.05, 3.63) is 0 Å². The summed E-state index contributed by atoms with van der Waals surface area (Å²) in [6.45, 7) is 1.79. The maximum absolute atomic E-state index is 10.6. The third-order valence-electron chi connectivity index (χ3n) is 1.83. The van der Waals surface area contributed by atoms with E-state index < -0.39 is 0 Å². The van der Waals surface area contributed by atoms with Crippen LogP contribution < -0.4 is 5.32 Å². The molecule has 1 N–H and O–H groups in total. The van der Waals surface area contributed by atoms with Crippen LogP contribution in [0.15, 0.2) is 0 Å². The molecule has 3 nitrogen and oxygen atoms in total. The Balaban J connectivity index is 2.11. The molecule has 0 spiro atoms. The molecule has 2 aliphatic heterocycles. The number of rotatable bonds is 0. The molecule has 2 saturated heterocycles. The van der Waals surface area contributed by atoms with E-state index in [1.54, 1.807) is 0 Å². The predicted molar refractivity (Wildman–Crippen MR) is 28.1 cm³/mol. The molecule has 0 saturated carbocycles. The highest BCUT2D eigenvalue weighted by Crippen LogP contribution is 2.20. The maximum atomic E-state index is 10.6. The first kappa shape index (κ1) is 4.32. The van der Waals surface area contributed by atoms with Crippen LogP contribution in [0, 0.1) is 0 Å². The zero-order chi connectivity index (χ0) is 5.56. The molecule has 0 radical (unpaired) electrons. The molecule has 0 aliphatic carbocycles. The van der Waals surface area contributed by atoms with Crippen LogP contribution in [0.4, 0.5) is 0 Å². The second-order valence-electron chi connectivity index (χ2n) is 2.33. The highest BCUT2D eigenvalue weighted by Gasteiger charge is 2.38. The van der Waals surface area contributed by atoms with Crippen LogP contribution in [-0.2, 0) is 4.79 Å². The Hall–Kier alpha value is -0.570. The minimum atomic E-state index is 0.306. The first-order valence-electron chi connectivity index (χ1n) is 2.88. The van der Waals surface area contributed by atoms with Crippen LogP contribution in [0.25, 0.3) is 0 Å². The van der Waals surface area contributed by atoms with E-state index >= 15 is 0 Å². The molecule has 0 bridgehead atoms. The van der Waals surface area contributed by atoms with Gasteiger partial charge < -0.3 is 4.90 Å². The molecular formula is C5H8N2O. The van der Waals surface area contributed by atoms with Gasteiger partial charge in [-0.25, -0.2) is 0 Å². The van der Waals surface area contributed by atoms with Gasteiger partial charge >= 0.3 is 0 Å². The standard InChI is InChI=1S/C5H8N2O/c8-5-1-4-2-6-3-7(4)5/h4,6H,1-3H2. The average Bonchev–Trinajstić information content (AvgIpc) is 2.09. The summed E-state index contributed by atoms with van der Waals surface area (Å²) >= 11 is 0. The molecule has 44 valence electrons. The van der Waals surface area contributed by atoms with E-state index in [1.165, 1.54) is 0 Å². The number of amides is 1. The number of carbonyl (C=O) groups is 1. The van der Waals surface area contributed by atoms with Crippen LogP contribution in [0.3, 0.4) is 0 Å². The first-order chi connectivity index (χ1) is 3.88. The number of β-lactam (4-membered cyclic amide) rings is 1. The zero-order valence-corrected chi connectivity index (χ0v) is 4.55. The fourth-order valence-corrected chi connectivity index (χ4v) is 1.27. The molecule has 2 heterocycles. The van der Waals surface area contributed by atoms with E-state index in [0.717, 1.165) is 19.6 Å². The van der Waals surface area contributed by atoms with Gasteiger partial charge in [0.25, 0.3) is 0 Å². The summed E-state index contributed by atoms with van der Waals surface area (Å²) in [7, 11) is 0. The highest BCUT2D eigenvalue weighted by molar-refractivity contribution is 5.83. The Bertz CT molecular complexity index is 134. The minimum absolute atomic E-state index is 0.306. The van der Waals surface area contributed by atoms with Gasteiger partial charge in [-0.05, 0) is 0 Å². The summed E-state index contributed by atoms with van der Waals surface area (Å²) in [6.07, 6.45) is 0.771. The number of hydrogen-bond donors (Lipinski definition) is 1. The Labute approximate surface area is 47.7 Å². The second kappa shape index (κ2) is 1.23. The molecule has 0 aromatic rings. The van der Waals surface area contributed by atoms with Gasteiger partial charge in [0.15, 0.2) is 0 Å². The number of nitrogens with one attached hydrogen (secondary N) is 1. The van der Waals surface area contributed by atoms with Crippen LogP contribution in [0.2, 0.25) is 0 Å². The maximum Gasteiger partial charge on any atom is 0.226 e. The lowest BCUT2D eigenvalue weighted by Gasteiger charge is -2.32. The molecule has 0 aromatic carbocycles. The van der Waals surface area contributed by atoms with Crippen molar-refractivity contribution < 1.29 is 4.79 Å². The summed E-state index contributed by atoms with van der Waals surface area (Å²) < 4.78 is 0. The monoisotopic (exact) mass is 112 g/mol. The summed E-state index contributed by atoms with van der Waals surface area (Å²) in [5.41, 5.74) is 0. The van der Waals surface area contributed by atoms with E-state index in [0.29, 0.717) is 11.9 Å².